The number of amides is 1. The van der Waals surface area contributed by atoms with Gasteiger partial charge in [0.15, 0.2) is 11.6 Å². The van der Waals surface area contributed by atoms with Crippen LogP contribution in [-0.4, -0.2) is 34.0 Å². The first-order valence-electron chi connectivity index (χ1n) is 5.92. The fourth-order valence-corrected chi connectivity index (χ4v) is 1.91. The normalized spacial score (nSPS) is 15.9. The molecule has 1 atom stereocenters. The molecule has 6 heteroatoms. The largest absolute Gasteiger partial charge is 0.480 e. The Morgan fingerprint density at radius 1 is 1.32 bits per heavy atom. The summed E-state index contributed by atoms with van der Waals surface area (Å²) in [6.45, 7) is 1.40. The molecule has 0 aliphatic heterocycles. The van der Waals surface area contributed by atoms with Gasteiger partial charge in [-0.25, -0.2) is 13.6 Å². The van der Waals surface area contributed by atoms with Crippen LogP contribution in [0.25, 0.3) is 0 Å². The molecule has 1 unspecified atom stereocenters. The van der Waals surface area contributed by atoms with Crippen molar-refractivity contribution in [3.05, 3.63) is 35.4 Å². The Morgan fingerprint density at radius 3 is 2.42 bits per heavy atom. The quantitative estimate of drug-likeness (QED) is 0.910. The number of carbonyl (C=O) groups is 2. The van der Waals surface area contributed by atoms with Crippen molar-refractivity contribution in [2.45, 2.75) is 31.8 Å². The van der Waals surface area contributed by atoms with E-state index in [1.165, 1.54) is 11.8 Å². The summed E-state index contributed by atoms with van der Waals surface area (Å²) >= 11 is 0. The van der Waals surface area contributed by atoms with Crippen LogP contribution in [-0.2, 0) is 4.79 Å². The Bertz CT molecular complexity index is 529. The van der Waals surface area contributed by atoms with Crippen LogP contribution in [0.2, 0.25) is 0 Å². The van der Waals surface area contributed by atoms with Crippen molar-refractivity contribution in [3.8, 4) is 0 Å². The standard InChI is InChI=1S/C13H13F2NO3/c1-7(13(18)19)16(9-3-4-9)12(17)8-2-5-10(14)11(15)6-8/h2,5-7,9H,3-4H2,1H3,(H,18,19). The molecule has 1 aliphatic rings. The molecule has 0 spiro atoms. The molecule has 0 saturated heterocycles. The number of aliphatic carboxylic acids is 1. The van der Waals surface area contributed by atoms with E-state index in [1.807, 2.05) is 0 Å². The lowest BCUT2D eigenvalue weighted by atomic mass is 10.1. The Kier molecular flexibility index (Phi) is 3.50. The molecule has 1 aliphatic carbocycles. The highest BCUT2D eigenvalue weighted by molar-refractivity contribution is 5.97. The van der Waals surface area contributed by atoms with Gasteiger partial charge in [0.2, 0.25) is 0 Å². The van der Waals surface area contributed by atoms with E-state index < -0.39 is 29.6 Å². The van der Waals surface area contributed by atoms with Crippen LogP contribution in [0.3, 0.4) is 0 Å². The zero-order valence-electron chi connectivity index (χ0n) is 10.3. The van der Waals surface area contributed by atoms with E-state index in [0.29, 0.717) is 0 Å². The fraction of sp³-hybridized carbons (Fsp3) is 0.385. The van der Waals surface area contributed by atoms with Crippen LogP contribution >= 0.6 is 0 Å². The predicted molar refractivity (Wildman–Crippen MR) is 62.6 cm³/mol. The van der Waals surface area contributed by atoms with Gasteiger partial charge >= 0.3 is 5.97 Å². The molecule has 0 radical (unpaired) electrons. The minimum absolute atomic E-state index is 0.0427. The summed E-state index contributed by atoms with van der Waals surface area (Å²) in [6, 6.07) is 1.69. The minimum Gasteiger partial charge on any atom is -0.480 e. The molecular weight excluding hydrogens is 256 g/mol. The van der Waals surface area contributed by atoms with Gasteiger partial charge in [-0.2, -0.15) is 0 Å². The molecule has 1 aromatic carbocycles. The van der Waals surface area contributed by atoms with E-state index in [0.717, 1.165) is 31.0 Å². The number of benzene rings is 1. The zero-order valence-corrected chi connectivity index (χ0v) is 10.3. The first kappa shape index (κ1) is 13.5. The minimum atomic E-state index is -1.12. The number of carboxylic acids is 1. The molecule has 102 valence electrons. The Hall–Kier alpha value is -1.98. The van der Waals surface area contributed by atoms with E-state index >= 15 is 0 Å². The van der Waals surface area contributed by atoms with Gasteiger partial charge in [0, 0.05) is 11.6 Å². The molecule has 19 heavy (non-hydrogen) atoms. The summed E-state index contributed by atoms with van der Waals surface area (Å²) in [5.74, 6) is -3.87. The van der Waals surface area contributed by atoms with Crippen LogP contribution in [0.4, 0.5) is 8.78 Å². The molecular formula is C13H13F2NO3. The number of hydrogen-bond donors (Lipinski definition) is 1. The monoisotopic (exact) mass is 269 g/mol. The number of rotatable bonds is 4. The first-order chi connectivity index (χ1) is 8.91. The second-order valence-electron chi connectivity index (χ2n) is 4.59. The lowest BCUT2D eigenvalue weighted by Crippen LogP contribution is -2.44. The van der Waals surface area contributed by atoms with E-state index in [9.17, 15) is 18.4 Å². The summed E-state index contributed by atoms with van der Waals surface area (Å²) in [6.07, 6.45) is 1.46. The average molecular weight is 269 g/mol. The summed E-state index contributed by atoms with van der Waals surface area (Å²) in [5.41, 5.74) is -0.0427. The number of carbonyl (C=O) groups excluding carboxylic acids is 1. The molecule has 4 nitrogen and oxygen atoms in total. The number of nitrogens with zero attached hydrogens (tertiary/aromatic N) is 1. The second kappa shape index (κ2) is 4.95. The molecule has 0 aromatic heterocycles. The van der Waals surface area contributed by atoms with Crippen molar-refractivity contribution in [2.24, 2.45) is 0 Å². The molecule has 1 saturated carbocycles. The molecule has 0 heterocycles. The van der Waals surface area contributed by atoms with Gasteiger partial charge in [-0.15, -0.1) is 0 Å². The van der Waals surface area contributed by atoms with Crippen molar-refractivity contribution < 1.29 is 23.5 Å². The number of hydrogen-bond acceptors (Lipinski definition) is 2. The van der Waals surface area contributed by atoms with Gasteiger partial charge in [-0.1, -0.05) is 0 Å². The highest BCUT2D eigenvalue weighted by Crippen LogP contribution is 2.30. The van der Waals surface area contributed by atoms with Gasteiger partial charge in [-0.3, -0.25) is 4.79 Å². The molecule has 1 amide bonds. The second-order valence-corrected chi connectivity index (χ2v) is 4.59. The number of halogens is 2. The maximum atomic E-state index is 13.1. The maximum absolute atomic E-state index is 13.1. The highest BCUT2D eigenvalue weighted by Gasteiger charge is 2.38. The van der Waals surface area contributed by atoms with Crippen molar-refractivity contribution in [1.82, 2.24) is 4.90 Å². The Morgan fingerprint density at radius 2 is 1.95 bits per heavy atom. The van der Waals surface area contributed by atoms with Crippen molar-refractivity contribution >= 4 is 11.9 Å². The summed E-state index contributed by atoms with van der Waals surface area (Å²) in [7, 11) is 0. The maximum Gasteiger partial charge on any atom is 0.326 e. The van der Waals surface area contributed by atoms with Crippen LogP contribution in [0.15, 0.2) is 18.2 Å². The van der Waals surface area contributed by atoms with E-state index in [1.54, 1.807) is 0 Å². The van der Waals surface area contributed by atoms with Gasteiger partial charge in [0.05, 0.1) is 0 Å². The van der Waals surface area contributed by atoms with E-state index in [2.05, 4.69) is 0 Å². The van der Waals surface area contributed by atoms with E-state index in [-0.39, 0.29) is 11.6 Å². The summed E-state index contributed by atoms with van der Waals surface area (Å²) < 4.78 is 25.9. The smallest absolute Gasteiger partial charge is 0.326 e. The van der Waals surface area contributed by atoms with Gasteiger partial charge in [0.25, 0.3) is 5.91 Å². The van der Waals surface area contributed by atoms with Crippen LogP contribution in [0.5, 0.6) is 0 Å². The lowest BCUT2D eigenvalue weighted by Gasteiger charge is -2.26. The lowest BCUT2D eigenvalue weighted by molar-refractivity contribution is -0.141. The summed E-state index contributed by atoms with van der Waals surface area (Å²) in [5, 5.41) is 9.00. The van der Waals surface area contributed by atoms with Crippen molar-refractivity contribution in [1.29, 1.82) is 0 Å². The molecule has 0 bridgehead atoms. The zero-order chi connectivity index (χ0) is 14.2. The van der Waals surface area contributed by atoms with Crippen LogP contribution < -0.4 is 0 Å². The van der Waals surface area contributed by atoms with Crippen LogP contribution in [0, 0.1) is 11.6 Å². The highest BCUT2D eigenvalue weighted by atomic mass is 19.2. The first-order valence-corrected chi connectivity index (χ1v) is 5.92. The Balaban J connectivity index is 2.28. The molecule has 1 aromatic rings. The Labute approximate surface area is 108 Å². The number of carboxylic acid groups (broad SMARTS) is 1. The van der Waals surface area contributed by atoms with Gasteiger partial charge in [0.1, 0.15) is 6.04 Å². The predicted octanol–water partition coefficient (Wildman–Crippen LogP) is 2.04. The van der Waals surface area contributed by atoms with E-state index in [4.69, 9.17) is 5.11 Å². The molecule has 1 fully saturated rings. The SMILES string of the molecule is CC(C(=O)O)N(C(=O)c1ccc(F)c(F)c1)C1CC1. The third-order valence-electron chi connectivity index (χ3n) is 3.12. The average Bonchev–Trinajstić information content (AvgIpc) is 3.17. The van der Waals surface area contributed by atoms with Crippen molar-refractivity contribution in [2.75, 3.05) is 0 Å². The molecule has 1 N–H and O–H groups in total. The third-order valence-corrected chi connectivity index (χ3v) is 3.12. The van der Waals surface area contributed by atoms with Crippen LogP contribution in [0.1, 0.15) is 30.1 Å². The summed E-state index contributed by atoms with van der Waals surface area (Å²) in [4.78, 5) is 24.4. The van der Waals surface area contributed by atoms with Crippen molar-refractivity contribution in [3.63, 3.8) is 0 Å². The molecule has 2 rings (SSSR count). The van der Waals surface area contributed by atoms with Gasteiger partial charge < -0.3 is 10.0 Å². The third kappa shape index (κ3) is 2.72. The van der Waals surface area contributed by atoms with Gasteiger partial charge in [-0.05, 0) is 38.0 Å². The fourth-order valence-electron chi connectivity index (χ4n) is 1.91. The topological polar surface area (TPSA) is 57.6 Å².